The van der Waals surface area contributed by atoms with Crippen LogP contribution in [0.4, 0.5) is 0 Å². The molecule has 0 spiro atoms. The van der Waals surface area contributed by atoms with E-state index in [1.807, 2.05) is 31.3 Å². The summed E-state index contributed by atoms with van der Waals surface area (Å²) in [5.74, 6) is -0.0708. The Morgan fingerprint density at radius 1 is 1.39 bits per heavy atom. The van der Waals surface area contributed by atoms with Crippen LogP contribution in [0.15, 0.2) is 41.3 Å². The van der Waals surface area contributed by atoms with Crippen LogP contribution in [0, 0.1) is 0 Å². The Bertz CT molecular complexity index is 548. The monoisotopic (exact) mass is 307 g/mol. The molecule has 0 fully saturated rings. The third kappa shape index (κ3) is 2.98. The zero-order valence-electron chi connectivity index (χ0n) is 10.3. The molecule has 1 heterocycles. The van der Waals surface area contributed by atoms with Gasteiger partial charge in [-0.25, -0.2) is 4.98 Å². The molecule has 0 aliphatic heterocycles. The molecule has 18 heavy (non-hydrogen) atoms. The van der Waals surface area contributed by atoms with Gasteiger partial charge in [0.1, 0.15) is 5.69 Å². The van der Waals surface area contributed by atoms with Crippen LogP contribution in [-0.2, 0) is 13.6 Å². The maximum Gasteiger partial charge on any atom is 0.274 e. The van der Waals surface area contributed by atoms with E-state index in [4.69, 9.17) is 0 Å². The van der Waals surface area contributed by atoms with E-state index >= 15 is 0 Å². The minimum Gasteiger partial charge on any atom is -0.340 e. The third-order valence-corrected chi connectivity index (χ3v) is 3.13. The molecular formula is C13H14BrN3O. The molecule has 0 radical (unpaired) electrons. The highest BCUT2D eigenvalue weighted by Crippen LogP contribution is 2.12. The number of nitrogens with zero attached hydrogens (tertiary/aromatic N) is 3. The van der Waals surface area contributed by atoms with E-state index in [1.54, 1.807) is 29.0 Å². The van der Waals surface area contributed by atoms with Crippen LogP contribution in [0.3, 0.4) is 0 Å². The summed E-state index contributed by atoms with van der Waals surface area (Å²) in [6, 6.07) is 7.92. The number of imidazole rings is 1. The van der Waals surface area contributed by atoms with Gasteiger partial charge in [-0.1, -0.05) is 28.1 Å². The predicted octanol–water partition coefficient (Wildman–Crippen LogP) is 2.45. The zero-order chi connectivity index (χ0) is 13.1. The van der Waals surface area contributed by atoms with Crippen LogP contribution in [0.1, 0.15) is 16.1 Å². The van der Waals surface area contributed by atoms with E-state index < -0.39 is 0 Å². The molecule has 0 aliphatic rings. The minimum absolute atomic E-state index is 0.0708. The molecule has 0 saturated carbocycles. The first-order chi connectivity index (χ1) is 8.56. The molecule has 94 valence electrons. The van der Waals surface area contributed by atoms with Gasteiger partial charge >= 0.3 is 0 Å². The van der Waals surface area contributed by atoms with E-state index in [0.29, 0.717) is 12.2 Å². The molecule has 0 aliphatic carbocycles. The van der Waals surface area contributed by atoms with Crippen molar-refractivity contribution in [2.24, 2.45) is 7.05 Å². The van der Waals surface area contributed by atoms with E-state index in [2.05, 4.69) is 20.9 Å². The summed E-state index contributed by atoms with van der Waals surface area (Å²) in [5.41, 5.74) is 1.56. The van der Waals surface area contributed by atoms with Gasteiger partial charge in [0.15, 0.2) is 0 Å². The quantitative estimate of drug-likeness (QED) is 0.873. The lowest BCUT2D eigenvalue weighted by Crippen LogP contribution is -2.26. The van der Waals surface area contributed by atoms with Crippen LogP contribution in [0.5, 0.6) is 0 Å². The third-order valence-electron chi connectivity index (χ3n) is 2.60. The average Bonchev–Trinajstić information content (AvgIpc) is 2.78. The van der Waals surface area contributed by atoms with Gasteiger partial charge in [0, 0.05) is 31.3 Å². The van der Waals surface area contributed by atoms with Crippen molar-refractivity contribution in [1.82, 2.24) is 14.5 Å². The lowest BCUT2D eigenvalue weighted by molar-refractivity contribution is 0.0779. The van der Waals surface area contributed by atoms with E-state index in [1.165, 1.54) is 0 Å². The van der Waals surface area contributed by atoms with Crippen LogP contribution in [0.2, 0.25) is 0 Å². The average molecular weight is 308 g/mol. The molecule has 2 aromatic rings. The van der Waals surface area contributed by atoms with Gasteiger partial charge < -0.3 is 9.47 Å². The summed E-state index contributed by atoms with van der Waals surface area (Å²) in [6.07, 6.45) is 3.35. The summed E-state index contributed by atoms with van der Waals surface area (Å²) in [5, 5.41) is 0. The molecule has 4 nitrogen and oxygen atoms in total. The first kappa shape index (κ1) is 12.8. The van der Waals surface area contributed by atoms with Gasteiger partial charge in [0.2, 0.25) is 0 Å². The summed E-state index contributed by atoms with van der Waals surface area (Å²) in [6.45, 7) is 0.572. The Labute approximate surface area is 114 Å². The summed E-state index contributed by atoms with van der Waals surface area (Å²) >= 11 is 3.39. The number of aryl methyl sites for hydroxylation is 1. The lowest BCUT2D eigenvalue weighted by Gasteiger charge is -2.15. The number of halogens is 1. The highest BCUT2D eigenvalue weighted by atomic mass is 79.9. The van der Waals surface area contributed by atoms with Crippen LogP contribution < -0.4 is 0 Å². The van der Waals surface area contributed by atoms with Crippen molar-refractivity contribution in [2.45, 2.75) is 6.54 Å². The fourth-order valence-corrected chi connectivity index (χ4v) is 1.92. The Morgan fingerprint density at radius 3 is 2.61 bits per heavy atom. The highest BCUT2D eigenvalue weighted by molar-refractivity contribution is 9.10. The molecule has 0 N–H and O–H groups in total. The fraction of sp³-hybridized carbons (Fsp3) is 0.231. The number of hydrogen-bond donors (Lipinski definition) is 0. The fourth-order valence-electron chi connectivity index (χ4n) is 1.65. The topological polar surface area (TPSA) is 38.1 Å². The summed E-state index contributed by atoms with van der Waals surface area (Å²) in [7, 11) is 3.62. The van der Waals surface area contributed by atoms with Crippen molar-refractivity contribution < 1.29 is 4.79 Å². The van der Waals surface area contributed by atoms with Crippen molar-refractivity contribution in [3.8, 4) is 0 Å². The van der Waals surface area contributed by atoms with E-state index in [9.17, 15) is 4.79 Å². The number of amides is 1. The number of carbonyl (C=O) groups is 1. The van der Waals surface area contributed by atoms with Gasteiger partial charge in [-0.05, 0) is 17.7 Å². The molecular weight excluding hydrogens is 294 g/mol. The van der Waals surface area contributed by atoms with E-state index in [-0.39, 0.29) is 5.91 Å². The van der Waals surface area contributed by atoms with Gasteiger partial charge in [-0.15, -0.1) is 0 Å². The molecule has 0 atom stereocenters. The molecule has 1 aromatic heterocycles. The number of carbonyl (C=O) groups excluding carboxylic acids is 1. The Morgan fingerprint density at radius 2 is 2.06 bits per heavy atom. The molecule has 2 rings (SSSR count). The highest BCUT2D eigenvalue weighted by Gasteiger charge is 2.14. The minimum atomic E-state index is -0.0708. The molecule has 1 aromatic carbocycles. The van der Waals surface area contributed by atoms with Crippen molar-refractivity contribution >= 4 is 21.8 Å². The molecule has 0 saturated heterocycles. The zero-order valence-corrected chi connectivity index (χ0v) is 11.9. The first-order valence-electron chi connectivity index (χ1n) is 5.54. The smallest absolute Gasteiger partial charge is 0.274 e. The molecule has 0 bridgehead atoms. The molecule has 5 heteroatoms. The normalized spacial score (nSPS) is 10.4. The Hall–Kier alpha value is -1.62. The SMILES string of the molecule is CN(Cc1ccc(Br)cc1)C(=O)c1cn(C)cn1. The largest absolute Gasteiger partial charge is 0.340 e. The van der Waals surface area contributed by atoms with Crippen molar-refractivity contribution in [3.05, 3.63) is 52.5 Å². The number of rotatable bonds is 3. The van der Waals surface area contributed by atoms with Crippen LogP contribution >= 0.6 is 15.9 Å². The van der Waals surface area contributed by atoms with Crippen molar-refractivity contribution in [1.29, 1.82) is 0 Å². The first-order valence-corrected chi connectivity index (χ1v) is 6.33. The second-order valence-electron chi connectivity index (χ2n) is 4.21. The Kier molecular flexibility index (Phi) is 3.81. The summed E-state index contributed by atoms with van der Waals surface area (Å²) < 4.78 is 2.80. The Balaban J connectivity index is 2.05. The number of aromatic nitrogens is 2. The molecule has 1 amide bonds. The maximum atomic E-state index is 12.1. The van der Waals surface area contributed by atoms with Gasteiger partial charge in [0.05, 0.1) is 6.33 Å². The number of hydrogen-bond acceptors (Lipinski definition) is 2. The second kappa shape index (κ2) is 5.35. The number of benzene rings is 1. The second-order valence-corrected chi connectivity index (χ2v) is 5.13. The predicted molar refractivity (Wildman–Crippen MR) is 73.1 cm³/mol. The standard InChI is InChI=1S/C13H14BrN3O/c1-16-8-12(15-9-16)13(18)17(2)7-10-3-5-11(14)6-4-10/h3-6,8-9H,7H2,1-2H3. The summed E-state index contributed by atoms with van der Waals surface area (Å²) in [4.78, 5) is 17.8. The van der Waals surface area contributed by atoms with Crippen LogP contribution in [0.25, 0.3) is 0 Å². The van der Waals surface area contributed by atoms with Gasteiger partial charge in [0.25, 0.3) is 5.91 Å². The van der Waals surface area contributed by atoms with Crippen molar-refractivity contribution in [3.63, 3.8) is 0 Å². The van der Waals surface area contributed by atoms with Gasteiger partial charge in [-0.2, -0.15) is 0 Å². The van der Waals surface area contributed by atoms with Crippen LogP contribution in [-0.4, -0.2) is 27.4 Å². The van der Waals surface area contributed by atoms with Gasteiger partial charge in [-0.3, -0.25) is 4.79 Å². The maximum absolute atomic E-state index is 12.1. The van der Waals surface area contributed by atoms with Crippen molar-refractivity contribution in [2.75, 3.05) is 7.05 Å². The van der Waals surface area contributed by atoms with E-state index in [0.717, 1.165) is 10.0 Å². The lowest BCUT2D eigenvalue weighted by atomic mass is 10.2. The molecule has 0 unspecified atom stereocenters.